The van der Waals surface area contributed by atoms with Crippen LogP contribution in [0.4, 0.5) is 33.5 Å². The number of anilines is 2. The highest BCUT2D eigenvalue weighted by atomic mass is 32.2. The molecule has 0 aliphatic carbocycles. The molecule has 2 rings (SSSR count). The van der Waals surface area contributed by atoms with Crippen molar-refractivity contribution in [3.8, 4) is 0 Å². The van der Waals surface area contributed by atoms with Gasteiger partial charge in [-0.1, -0.05) is 0 Å². The van der Waals surface area contributed by atoms with Crippen LogP contribution in [0.3, 0.4) is 0 Å². The number of rotatable bonds is 8. The first-order valence-corrected chi connectivity index (χ1v) is 11.8. The predicted octanol–water partition coefficient (Wildman–Crippen LogP) is 4.46. The molecule has 0 radical (unpaired) electrons. The Morgan fingerprint density at radius 2 is 1.68 bits per heavy atom. The molecule has 13 heteroatoms. The zero-order valence-electron chi connectivity index (χ0n) is 18.6. The number of pyridine rings is 1. The van der Waals surface area contributed by atoms with E-state index in [-0.39, 0.29) is 23.0 Å². The van der Waals surface area contributed by atoms with Gasteiger partial charge in [0.2, 0.25) is 15.9 Å². The first-order chi connectivity index (χ1) is 15.6. The van der Waals surface area contributed by atoms with Crippen LogP contribution in [0.5, 0.6) is 0 Å². The lowest BCUT2D eigenvalue weighted by Gasteiger charge is -2.16. The van der Waals surface area contributed by atoms with Gasteiger partial charge in [0.1, 0.15) is 17.2 Å². The van der Waals surface area contributed by atoms with Crippen LogP contribution in [0.2, 0.25) is 0 Å². The summed E-state index contributed by atoms with van der Waals surface area (Å²) in [7, 11) is -3.91. The van der Waals surface area contributed by atoms with Crippen molar-refractivity contribution < 1.29 is 35.2 Å². The molecule has 186 valence electrons. The summed E-state index contributed by atoms with van der Waals surface area (Å²) < 4.78 is 91.5. The van der Waals surface area contributed by atoms with Crippen molar-refractivity contribution in [1.82, 2.24) is 10.3 Å². The standard InChI is InChI=1S/C21H23F5N4O3S/c1-11(2)27-20-13(5-7-17(29-20)21(24,25)26)6-8-18(31)28-12(3)14-9-15(22)19(16(23)10-14)30-34(4,32)33/h5-12,30H,1-4H3,(H,27,29)(H,28,31)/b8-6+/t12-/m1/s1. The molecule has 1 amide bonds. The monoisotopic (exact) mass is 506 g/mol. The van der Waals surface area contributed by atoms with Crippen molar-refractivity contribution in [3.05, 3.63) is 58.8 Å². The number of benzene rings is 1. The molecule has 1 aromatic carbocycles. The first-order valence-electron chi connectivity index (χ1n) is 9.87. The molecular weight excluding hydrogens is 483 g/mol. The van der Waals surface area contributed by atoms with Crippen molar-refractivity contribution >= 4 is 33.5 Å². The fourth-order valence-electron chi connectivity index (χ4n) is 2.79. The van der Waals surface area contributed by atoms with E-state index in [1.54, 1.807) is 18.6 Å². The van der Waals surface area contributed by atoms with E-state index in [0.29, 0.717) is 0 Å². The van der Waals surface area contributed by atoms with E-state index in [9.17, 15) is 35.2 Å². The summed E-state index contributed by atoms with van der Waals surface area (Å²) in [6.07, 6.45) is -1.61. The van der Waals surface area contributed by atoms with Gasteiger partial charge < -0.3 is 10.6 Å². The lowest BCUT2D eigenvalue weighted by Crippen LogP contribution is -2.25. The summed E-state index contributed by atoms with van der Waals surface area (Å²) >= 11 is 0. The average molecular weight is 506 g/mol. The minimum atomic E-state index is -4.64. The lowest BCUT2D eigenvalue weighted by molar-refractivity contribution is -0.141. The van der Waals surface area contributed by atoms with Gasteiger partial charge in [-0.3, -0.25) is 9.52 Å². The normalized spacial score (nSPS) is 13.2. The summed E-state index contributed by atoms with van der Waals surface area (Å²) in [5.41, 5.74) is -1.69. The fraction of sp³-hybridized carbons (Fsp3) is 0.333. The van der Waals surface area contributed by atoms with E-state index in [1.807, 2.05) is 0 Å². The quantitative estimate of drug-likeness (QED) is 0.363. The highest BCUT2D eigenvalue weighted by Crippen LogP contribution is 2.30. The van der Waals surface area contributed by atoms with Gasteiger partial charge in [-0.15, -0.1) is 0 Å². The third kappa shape index (κ3) is 7.68. The predicted molar refractivity (Wildman–Crippen MR) is 118 cm³/mol. The molecule has 0 saturated heterocycles. The molecule has 2 aromatic rings. The highest BCUT2D eigenvalue weighted by Gasteiger charge is 2.33. The van der Waals surface area contributed by atoms with Gasteiger partial charge in [-0.05, 0) is 56.7 Å². The first kappa shape index (κ1) is 27.0. The number of carbonyl (C=O) groups excluding carboxylic acids is 1. The Balaban J connectivity index is 2.20. The SMILES string of the molecule is CC(C)Nc1nc(C(F)(F)F)ccc1/C=C/C(=O)N[C@H](C)c1cc(F)c(NS(C)(=O)=O)c(F)c1. The number of aromatic nitrogens is 1. The summed E-state index contributed by atoms with van der Waals surface area (Å²) in [5.74, 6) is -3.10. The molecule has 34 heavy (non-hydrogen) atoms. The summed E-state index contributed by atoms with van der Waals surface area (Å²) in [4.78, 5) is 15.9. The number of alkyl halides is 3. The molecule has 0 fully saturated rings. The molecule has 7 nitrogen and oxygen atoms in total. The van der Waals surface area contributed by atoms with E-state index in [0.717, 1.165) is 36.6 Å². The lowest BCUT2D eigenvalue weighted by atomic mass is 10.1. The van der Waals surface area contributed by atoms with Crippen molar-refractivity contribution in [2.24, 2.45) is 0 Å². The van der Waals surface area contributed by atoms with Crippen molar-refractivity contribution in [3.63, 3.8) is 0 Å². The van der Waals surface area contributed by atoms with Gasteiger partial charge in [0.05, 0.1) is 12.3 Å². The van der Waals surface area contributed by atoms with Crippen molar-refractivity contribution in [1.29, 1.82) is 0 Å². The third-order valence-electron chi connectivity index (χ3n) is 4.27. The molecule has 1 heterocycles. The smallest absolute Gasteiger partial charge is 0.367 e. The van der Waals surface area contributed by atoms with Gasteiger partial charge >= 0.3 is 6.18 Å². The number of hydrogen-bond acceptors (Lipinski definition) is 5. The number of carbonyl (C=O) groups is 1. The number of hydrogen-bond donors (Lipinski definition) is 3. The van der Waals surface area contributed by atoms with Crippen LogP contribution in [-0.4, -0.2) is 31.6 Å². The van der Waals surface area contributed by atoms with Gasteiger partial charge in [0.15, 0.2) is 11.6 Å². The van der Waals surface area contributed by atoms with Crippen LogP contribution < -0.4 is 15.4 Å². The van der Waals surface area contributed by atoms with Gasteiger partial charge in [0.25, 0.3) is 0 Å². The fourth-order valence-corrected chi connectivity index (χ4v) is 3.35. The third-order valence-corrected chi connectivity index (χ3v) is 4.84. The highest BCUT2D eigenvalue weighted by molar-refractivity contribution is 7.92. The van der Waals surface area contributed by atoms with E-state index in [4.69, 9.17) is 0 Å². The minimum absolute atomic E-state index is 0.0224. The molecule has 0 spiro atoms. The van der Waals surface area contributed by atoms with Crippen LogP contribution in [0.1, 0.15) is 43.6 Å². The molecule has 0 aliphatic heterocycles. The Morgan fingerprint density at radius 1 is 1.09 bits per heavy atom. The molecule has 0 aliphatic rings. The van der Waals surface area contributed by atoms with Gasteiger partial charge in [-0.2, -0.15) is 13.2 Å². The molecule has 0 unspecified atom stereocenters. The Morgan fingerprint density at radius 3 is 2.18 bits per heavy atom. The Labute approximate surface area is 193 Å². The van der Waals surface area contributed by atoms with Crippen LogP contribution in [0, 0.1) is 11.6 Å². The van der Waals surface area contributed by atoms with Gasteiger partial charge in [0, 0.05) is 17.7 Å². The second kappa shape index (κ2) is 10.4. The molecule has 1 atom stereocenters. The summed E-state index contributed by atoms with van der Waals surface area (Å²) in [6, 6.07) is 2.56. The van der Waals surface area contributed by atoms with Crippen LogP contribution >= 0.6 is 0 Å². The Kier molecular flexibility index (Phi) is 8.24. The zero-order valence-corrected chi connectivity index (χ0v) is 19.4. The maximum absolute atomic E-state index is 14.2. The van der Waals surface area contributed by atoms with E-state index >= 15 is 0 Å². The molecule has 0 saturated carbocycles. The number of nitrogens with one attached hydrogen (secondary N) is 3. The zero-order chi connectivity index (χ0) is 25.8. The van der Waals surface area contributed by atoms with E-state index in [2.05, 4.69) is 15.6 Å². The minimum Gasteiger partial charge on any atom is -0.367 e. The molecular formula is C21H23F5N4O3S. The van der Waals surface area contributed by atoms with Crippen LogP contribution in [-0.2, 0) is 21.0 Å². The topological polar surface area (TPSA) is 100 Å². The summed E-state index contributed by atoms with van der Waals surface area (Å²) in [6.45, 7) is 4.85. The van der Waals surface area contributed by atoms with E-state index < -0.39 is 51.2 Å². The molecule has 0 bridgehead atoms. The summed E-state index contributed by atoms with van der Waals surface area (Å²) in [5, 5.41) is 5.25. The number of halogens is 5. The van der Waals surface area contributed by atoms with Gasteiger partial charge in [-0.25, -0.2) is 22.2 Å². The van der Waals surface area contributed by atoms with Crippen LogP contribution in [0.25, 0.3) is 6.08 Å². The maximum atomic E-state index is 14.2. The number of amides is 1. The second-order valence-corrected chi connectivity index (χ2v) is 9.48. The van der Waals surface area contributed by atoms with Crippen molar-refractivity contribution in [2.75, 3.05) is 16.3 Å². The molecule has 3 N–H and O–H groups in total. The average Bonchev–Trinajstić information content (AvgIpc) is 2.67. The van der Waals surface area contributed by atoms with Crippen LogP contribution in [0.15, 0.2) is 30.3 Å². The largest absolute Gasteiger partial charge is 0.433 e. The number of nitrogens with zero attached hydrogens (tertiary/aromatic N) is 1. The second-order valence-electron chi connectivity index (χ2n) is 7.73. The maximum Gasteiger partial charge on any atom is 0.433 e. The number of sulfonamides is 1. The van der Waals surface area contributed by atoms with E-state index in [1.165, 1.54) is 13.0 Å². The van der Waals surface area contributed by atoms with Crippen molar-refractivity contribution in [2.45, 2.75) is 39.0 Å². The Bertz CT molecular complexity index is 1170. The molecule has 1 aromatic heterocycles. The Hall–Kier alpha value is -3.22.